The molecule has 0 saturated carbocycles. The summed E-state index contributed by atoms with van der Waals surface area (Å²) in [6.07, 6.45) is 0.857. The van der Waals surface area contributed by atoms with Crippen LogP contribution < -0.4 is 15.4 Å². The first-order valence-corrected chi connectivity index (χ1v) is 7.34. The summed E-state index contributed by atoms with van der Waals surface area (Å²) in [5.74, 6) is 0.233. The fourth-order valence-electron chi connectivity index (χ4n) is 1.77. The maximum absolute atomic E-state index is 11.7. The predicted octanol–water partition coefficient (Wildman–Crippen LogP) is 1.24. The number of rotatable bonds is 9. The van der Waals surface area contributed by atoms with Gasteiger partial charge in [-0.1, -0.05) is 19.1 Å². The highest BCUT2D eigenvalue weighted by molar-refractivity contribution is 5.87. The summed E-state index contributed by atoms with van der Waals surface area (Å²) in [6, 6.07) is 6.87. The molecule has 6 heteroatoms. The van der Waals surface area contributed by atoms with E-state index in [4.69, 9.17) is 9.47 Å². The Balaban J connectivity index is 2.29. The van der Waals surface area contributed by atoms with Crippen molar-refractivity contribution in [2.45, 2.75) is 32.9 Å². The van der Waals surface area contributed by atoms with Crippen molar-refractivity contribution in [2.24, 2.45) is 0 Å². The smallest absolute Gasteiger partial charge is 0.246 e. The summed E-state index contributed by atoms with van der Waals surface area (Å²) in [6.45, 7) is 4.43. The summed E-state index contributed by atoms with van der Waals surface area (Å²) in [4.78, 5) is 23.3. The standard InChI is InChI=1S/C16H24N2O4/c1-4-8-17-16(20)12(2)18-15(19)11-22-10-13-6-5-7-14(9-13)21-3/h5-7,9,12H,4,8,10-11H2,1-3H3,(H,17,20)(H,18,19)/t12-/m0/s1. The minimum atomic E-state index is -0.570. The Morgan fingerprint density at radius 1 is 1.32 bits per heavy atom. The number of methoxy groups -OCH3 is 1. The summed E-state index contributed by atoms with van der Waals surface area (Å²) >= 11 is 0. The van der Waals surface area contributed by atoms with Crippen LogP contribution in [0.4, 0.5) is 0 Å². The van der Waals surface area contributed by atoms with Gasteiger partial charge < -0.3 is 20.1 Å². The van der Waals surface area contributed by atoms with Gasteiger partial charge in [-0.15, -0.1) is 0 Å². The van der Waals surface area contributed by atoms with Crippen molar-refractivity contribution in [1.29, 1.82) is 0 Å². The molecule has 0 aliphatic rings. The van der Waals surface area contributed by atoms with E-state index in [1.165, 1.54) is 0 Å². The second kappa shape index (κ2) is 9.78. The molecule has 0 radical (unpaired) electrons. The number of ether oxygens (including phenoxy) is 2. The minimum Gasteiger partial charge on any atom is -0.497 e. The van der Waals surface area contributed by atoms with E-state index < -0.39 is 6.04 Å². The van der Waals surface area contributed by atoms with Crippen molar-refractivity contribution >= 4 is 11.8 Å². The van der Waals surface area contributed by atoms with E-state index in [0.29, 0.717) is 13.2 Å². The molecule has 0 aromatic heterocycles. The minimum absolute atomic E-state index is 0.0946. The van der Waals surface area contributed by atoms with Crippen LogP contribution in [0.15, 0.2) is 24.3 Å². The maximum Gasteiger partial charge on any atom is 0.246 e. The van der Waals surface area contributed by atoms with Crippen molar-refractivity contribution in [1.82, 2.24) is 10.6 Å². The third-order valence-electron chi connectivity index (χ3n) is 2.96. The van der Waals surface area contributed by atoms with Crippen molar-refractivity contribution in [2.75, 3.05) is 20.3 Å². The Morgan fingerprint density at radius 3 is 2.77 bits per heavy atom. The third-order valence-corrected chi connectivity index (χ3v) is 2.96. The number of hydrogen-bond donors (Lipinski definition) is 2. The fraction of sp³-hybridized carbons (Fsp3) is 0.500. The molecule has 1 rings (SSSR count). The molecule has 1 aromatic rings. The molecule has 0 aliphatic carbocycles. The third kappa shape index (κ3) is 6.58. The zero-order valence-electron chi connectivity index (χ0n) is 13.3. The van der Waals surface area contributed by atoms with Crippen molar-refractivity contribution in [3.05, 3.63) is 29.8 Å². The van der Waals surface area contributed by atoms with Gasteiger partial charge >= 0.3 is 0 Å². The second-order valence-electron chi connectivity index (χ2n) is 4.92. The first kappa shape index (κ1) is 18.0. The lowest BCUT2D eigenvalue weighted by Gasteiger charge is -2.14. The molecule has 122 valence electrons. The van der Waals surface area contributed by atoms with Gasteiger partial charge in [-0.3, -0.25) is 9.59 Å². The lowest BCUT2D eigenvalue weighted by atomic mass is 10.2. The SMILES string of the molecule is CCCNC(=O)[C@H](C)NC(=O)COCc1cccc(OC)c1. The van der Waals surface area contributed by atoms with Crippen molar-refractivity contribution in [3.63, 3.8) is 0 Å². The lowest BCUT2D eigenvalue weighted by molar-refractivity contribution is -0.131. The average Bonchev–Trinajstić information content (AvgIpc) is 2.52. The highest BCUT2D eigenvalue weighted by Crippen LogP contribution is 2.13. The molecule has 6 nitrogen and oxygen atoms in total. The average molecular weight is 308 g/mol. The zero-order valence-corrected chi connectivity index (χ0v) is 13.3. The molecule has 0 aliphatic heterocycles. The summed E-state index contributed by atoms with van der Waals surface area (Å²) in [5.41, 5.74) is 0.917. The van der Waals surface area contributed by atoms with Gasteiger partial charge in [-0.05, 0) is 31.0 Å². The number of carbonyl (C=O) groups excluding carboxylic acids is 2. The van der Waals surface area contributed by atoms with E-state index in [-0.39, 0.29) is 18.4 Å². The lowest BCUT2D eigenvalue weighted by Crippen LogP contribution is -2.46. The largest absolute Gasteiger partial charge is 0.497 e. The number of benzene rings is 1. The van der Waals surface area contributed by atoms with Crippen LogP contribution in [0.3, 0.4) is 0 Å². The second-order valence-corrected chi connectivity index (χ2v) is 4.92. The predicted molar refractivity (Wildman–Crippen MR) is 83.6 cm³/mol. The molecule has 0 saturated heterocycles. The van der Waals surface area contributed by atoms with Gasteiger partial charge in [0.2, 0.25) is 11.8 Å². The van der Waals surface area contributed by atoms with E-state index >= 15 is 0 Å². The first-order valence-electron chi connectivity index (χ1n) is 7.34. The van der Waals surface area contributed by atoms with Crippen LogP contribution >= 0.6 is 0 Å². The Kier molecular flexibility index (Phi) is 7.99. The van der Waals surface area contributed by atoms with Gasteiger partial charge in [-0.25, -0.2) is 0 Å². The number of hydrogen-bond acceptors (Lipinski definition) is 4. The van der Waals surface area contributed by atoms with E-state index in [1.54, 1.807) is 14.0 Å². The van der Waals surface area contributed by atoms with Gasteiger partial charge in [0, 0.05) is 6.54 Å². The molecule has 0 fully saturated rings. The number of amides is 2. The molecular weight excluding hydrogens is 284 g/mol. The van der Waals surface area contributed by atoms with E-state index in [0.717, 1.165) is 17.7 Å². The van der Waals surface area contributed by atoms with Gasteiger partial charge in [0.15, 0.2) is 0 Å². The highest BCUT2D eigenvalue weighted by atomic mass is 16.5. The van der Waals surface area contributed by atoms with Crippen LogP contribution in [-0.2, 0) is 20.9 Å². The van der Waals surface area contributed by atoms with Gasteiger partial charge in [0.05, 0.1) is 13.7 Å². The quantitative estimate of drug-likeness (QED) is 0.719. The zero-order chi connectivity index (χ0) is 16.4. The Bertz CT molecular complexity index is 491. The van der Waals surface area contributed by atoms with Crippen molar-refractivity contribution in [3.8, 4) is 5.75 Å². The van der Waals surface area contributed by atoms with E-state index in [9.17, 15) is 9.59 Å². The normalized spacial score (nSPS) is 11.6. The van der Waals surface area contributed by atoms with Crippen LogP contribution in [0.1, 0.15) is 25.8 Å². The summed E-state index contributed by atoms with van der Waals surface area (Å²) < 4.78 is 10.5. The molecular formula is C16H24N2O4. The van der Waals surface area contributed by atoms with Crippen LogP contribution in [0.5, 0.6) is 5.75 Å². The van der Waals surface area contributed by atoms with Crippen LogP contribution in [0, 0.1) is 0 Å². The topological polar surface area (TPSA) is 76.7 Å². The highest BCUT2D eigenvalue weighted by Gasteiger charge is 2.14. The fourth-order valence-corrected chi connectivity index (χ4v) is 1.77. The molecule has 22 heavy (non-hydrogen) atoms. The van der Waals surface area contributed by atoms with Gasteiger partial charge in [0.1, 0.15) is 18.4 Å². The van der Waals surface area contributed by atoms with Gasteiger partial charge in [0.25, 0.3) is 0 Å². The number of nitrogens with one attached hydrogen (secondary N) is 2. The van der Waals surface area contributed by atoms with Crippen molar-refractivity contribution < 1.29 is 19.1 Å². The molecule has 1 atom stereocenters. The Morgan fingerprint density at radius 2 is 2.09 bits per heavy atom. The number of carbonyl (C=O) groups is 2. The molecule has 1 aromatic carbocycles. The summed E-state index contributed by atoms with van der Waals surface area (Å²) in [7, 11) is 1.60. The molecule has 0 bridgehead atoms. The molecule has 2 amide bonds. The Hall–Kier alpha value is -2.08. The Labute approximate surface area is 131 Å². The summed E-state index contributed by atoms with van der Waals surface area (Å²) in [5, 5.41) is 5.32. The molecule has 0 heterocycles. The van der Waals surface area contributed by atoms with Gasteiger partial charge in [-0.2, -0.15) is 0 Å². The van der Waals surface area contributed by atoms with Crippen LogP contribution in [0.25, 0.3) is 0 Å². The molecule has 0 unspecified atom stereocenters. The molecule has 0 spiro atoms. The van der Waals surface area contributed by atoms with E-state index in [2.05, 4.69) is 10.6 Å². The molecule has 2 N–H and O–H groups in total. The van der Waals surface area contributed by atoms with E-state index in [1.807, 2.05) is 31.2 Å². The van der Waals surface area contributed by atoms with Crippen LogP contribution in [0.2, 0.25) is 0 Å². The van der Waals surface area contributed by atoms with Crippen LogP contribution in [-0.4, -0.2) is 38.1 Å². The maximum atomic E-state index is 11.7. The monoisotopic (exact) mass is 308 g/mol. The first-order chi connectivity index (χ1) is 10.6.